The zero-order chi connectivity index (χ0) is 14.2. The first-order valence-corrected chi connectivity index (χ1v) is 7.81. The predicted molar refractivity (Wildman–Crippen MR) is 81.1 cm³/mol. The fourth-order valence-electron chi connectivity index (χ4n) is 2.60. The van der Waals surface area contributed by atoms with E-state index in [0.717, 1.165) is 31.6 Å². The molecule has 0 saturated carbocycles. The molecule has 0 radical (unpaired) electrons. The number of nitrogens with one attached hydrogen (secondary N) is 1. The van der Waals surface area contributed by atoms with Crippen LogP contribution >= 0.6 is 0 Å². The summed E-state index contributed by atoms with van der Waals surface area (Å²) in [6.07, 6.45) is 8.22. The number of hydrogen-bond acceptors (Lipinski definition) is 2. The minimum Gasteiger partial charge on any atom is -0.484 e. The van der Waals surface area contributed by atoms with Gasteiger partial charge in [-0.15, -0.1) is 0 Å². The van der Waals surface area contributed by atoms with Crippen LogP contribution in [-0.2, 0) is 17.6 Å². The minimum atomic E-state index is -0.0289. The quantitative estimate of drug-likeness (QED) is 0.776. The van der Waals surface area contributed by atoms with Crippen molar-refractivity contribution in [2.75, 3.05) is 13.2 Å². The first-order valence-electron chi connectivity index (χ1n) is 7.81. The Bertz CT molecular complexity index is 443. The second-order valence-corrected chi connectivity index (χ2v) is 5.48. The molecule has 2 rings (SSSR count). The number of carbonyl (C=O) groups is 1. The van der Waals surface area contributed by atoms with E-state index in [2.05, 4.69) is 24.4 Å². The highest BCUT2D eigenvalue weighted by atomic mass is 16.5. The molecule has 0 unspecified atom stereocenters. The lowest BCUT2D eigenvalue weighted by Crippen LogP contribution is -2.29. The Kier molecular flexibility index (Phi) is 5.90. The molecule has 0 bridgehead atoms. The van der Waals surface area contributed by atoms with Crippen LogP contribution in [0, 0.1) is 0 Å². The van der Waals surface area contributed by atoms with Crippen molar-refractivity contribution < 1.29 is 9.53 Å². The van der Waals surface area contributed by atoms with E-state index in [1.54, 1.807) is 0 Å². The van der Waals surface area contributed by atoms with Gasteiger partial charge in [0.2, 0.25) is 0 Å². The molecule has 3 heteroatoms. The van der Waals surface area contributed by atoms with Crippen LogP contribution in [0.3, 0.4) is 0 Å². The van der Waals surface area contributed by atoms with Crippen molar-refractivity contribution in [2.45, 2.75) is 51.9 Å². The number of unbranched alkanes of at least 4 members (excludes halogenated alkanes) is 2. The standard InChI is InChI=1S/C17H25NO2/c1-2-3-6-11-18-17(19)13-20-16-10-9-14-7-4-5-8-15(14)12-16/h9-10,12H,2-8,11,13H2,1H3,(H,18,19). The fourth-order valence-corrected chi connectivity index (χ4v) is 2.60. The lowest BCUT2D eigenvalue weighted by molar-refractivity contribution is -0.123. The van der Waals surface area contributed by atoms with E-state index in [9.17, 15) is 4.79 Å². The zero-order valence-corrected chi connectivity index (χ0v) is 12.4. The summed E-state index contributed by atoms with van der Waals surface area (Å²) >= 11 is 0. The molecule has 0 atom stereocenters. The summed E-state index contributed by atoms with van der Waals surface area (Å²) < 4.78 is 5.58. The Labute approximate surface area is 121 Å². The topological polar surface area (TPSA) is 38.3 Å². The average molecular weight is 275 g/mol. The van der Waals surface area contributed by atoms with E-state index in [4.69, 9.17) is 4.74 Å². The molecule has 1 N–H and O–H groups in total. The zero-order valence-electron chi connectivity index (χ0n) is 12.4. The Hall–Kier alpha value is -1.51. The molecule has 0 fully saturated rings. The van der Waals surface area contributed by atoms with Crippen molar-refractivity contribution in [2.24, 2.45) is 0 Å². The molecule has 0 aliphatic heterocycles. The van der Waals surface area contributed by atoms with Crippen molar-refractivity contribution in [3.8, 4) is 5.75 Å². The van der Waals surface area contributed by atoms with Gasteiger partial charge in [0.25, 0.3) is 5.91 Å². The van der Waals surface area contributed by atoms with Crippen LogP contribution in [0.15, 0.2) is 18.2 Å². The fraction of sp³-hybridized carbons (Fsp3) is 0.588. The molecule has 110 valence electrons. The number of benzene rings is 1. The Morgan fingerprint density at radius 2 is 2.00 bits per heavy atom. The van der Waals surface area contributed by atoms with E-state index in [1.807, 2.05) is 6.07 Å². The van der Waals surface area contributed by atoms with Gasteiger partial charge in [-0.25, -0.2) is 0 Å². The van der Waals surface area contributed by atoms with Crippen LogP contribution in [0.25, 0.3) is 0 Å². The third kappa shape index (κ3) is 4.55. The summed E-state index contributed by atoms with van der Waals surface area (Å²) in [5.41, 5.74) is 2.82. The molecule has 3 nitrogen and oxygen atoms in total. The van der Waals surface area contributed by atoms with Gasteiger partial charge in [-0.1, -0.05) is 25.8 Å². The van der Waals surface area contributed by atoms with Crippen LogP contribution in [0.5, 0.6) is 5.75 Å². The van der Waals surface area contributed by atoms with Gasteiger partial charge < -0.3 is 10.1 Å². The number of ether oxygens (including phenoxy) is 1. The molecular formula is C17H25NO2. The maximum Gasteiger partial charge on any atom is 0.257 e. The number of fused-ring (bicyclic) bond motifs is 1. The molecule has 0 heterocycles. The maximum atomic E-state index is 11.6. The summed E-state index contributed by atoms with van der Waals surface area (Å²) in [5.74, 6) is 0.785. The third-order valence-corrected chi connectivity index (χ3v) is 3.79. The van der Waals surface area contributed by atoms with Crippen LogP contribution in [0.2, 0.25) is 0 Å². The highest BCUT2D eigenvalue weighted by Crippen LogP contribution is 2.25. The van der Waals surface area contributed by atoms with E-state index in [1.165, 1.54) is 36.8 Å². The van der Waals surface area contributed by atoms with Gasteiger partial charge in [0.05, 0.1) is 0 Å². The molecule has 1 aromatic carbocycles. The molecule has 1 aliphatic rings. The normalized spacial score (nSPS) is 13.7. The molecule has 0 saturated heterocycles. The second-order valence-electron chi connectivity index (χ2n) is 5.48. The van der Waals surface area contributed by atoms with E-state index >= 15 is 0 Å². The first-order chi connectivity index (χ1) is 9.79. The summed E-state index contributed by atoms with van der Waals surface area (Å²) in [7, 11) is 0. The van der Waals surface area contributed by atoms with Gasteiger partial charge in [0.15, 0.2) is 6.61 Å². The van der Waals surface area contributed by atoms with Gasteiger partial charge in [0, 0.05) is 6.54 Å². The van der Waals surface area contributed by atoms with Crippen LogP contribution in [0.4, 0.5) is 0 Å². The maximum absolute atomic E-state index is 11.6. The highest BCUT2D eigenvalue weighted by molar-refractivity contribution is 5.77. The Morgan fingerprint density at radius 1 is 1.20 bits per heavy atom. The molecular weight excluding hydrogens is 250 g/mol. The van der Waals surface area contributed by atoms with Gasteiger partial charge >= 0.3 is 0 Å². The monoisotopic (exact) mass is 275 g/mol. The summed E-state index contributed by atoms with van der Waals surface area (Å²) in [6.45, 7) is 3.02. The lowest BCUT2D eigenvalue weighted by atomic mass is 9.92. The number of aryl methyl sites for hydroxylation is 2. The average Bonchev–Trinajstić information content (AvgIpc) is 2.49. The molecule has 1 amide bonds. The van der Waals surface area contributed by atoms with Gasteiger partial charge in [-0.3, -0.25) is 4.79 Å². The number of amides is 1. The van der Waals surface area contributed by atoms with Crippen molar-refractivity contribution in [1.82, 2.24) is 5.32 Å². The summed E-state index contributed by atoms with van der Waals surface area (Å²) in [6, 6.07) is 6.22. The molecule has 20 heavy (non-hydrogen) atoms. The number of carbonyl (C=O) groups excluding carboxylic acids is 1. The second kappa shape index (κ2) is 7.93. The molecule has 0 aromatic heterocycles. The van der Waals surface area contributed by atoms with Gasteiger partial charge in [-0.2, -0.15) is 0 Å². The summed E-state index contributed by atoms with van der Waals surface area (Å²) in [4.78, 5) is 11.6. The predicted octanol–water partition coefficient (Wildman–Crippen LogP) is 3.25. The van der Waals surface area contributed by atoms with Crippen molar-refractivity contribution >= 4 is 5.91 Å². The van der Waals surface area contributed by atoms with Crippen LogP contribution in [-0.4, -0.2) is 19.1 Å². The van der Waals surface area contributed by atoms with E-state index in [-0.39, 0.29) is 12.5 Å². The smallest absolute Gasteiger partial charge is 0.257 e. The van der Waals surface area contributed by atoms with Crippen LogP contribution in [0.1, 0.15) is 50.2 Å². The van der Waals surface area contributed by atoms with Gasteiger partial charge in [0.1, 0.15) is 5.75 Å². The lowest BCUT2D eigenvalue weighted by Gasteiger charge is -2.16. The Morgan fingerprint density at radius 3 is 2.80 bits per heavy atom. The number of rotatable bonds is 7. The molecule has 1 aromatic rings. The van der Waals surface area contributed by atoms with Crippen molar-refractivity contribution in [3.63, 3.8) is 0 Å². The molecule has 1 aliphatic carbocycles. The first kappa shape index (κ1) is 14.9. The highest BCUT2D eigenvalue weighted by Gasteiger charge is 2.10. The van der Waals surface area contributed by atoms with Crippen molar-refractivity contribution in [1.29, 1.82) is 0 Å². The van der Waals surface area contributed by atoms with E-state index < -0.39 is 0 Å². The van der Waals surface area contributed by atoms with E-state index in [0.29, 0.717) is 0 Å². The molecule has 0 spiro atoms. The SMILES string of the molecule is CCCCCNC(=O)COc1ccc2c(c1)CCCC2. The minimum absolute atomic E-state index is 0.0289. The Balaban J connectivity index is 1.74. The van der Waals surface area contributed by atoms with Crippen LogP contribution < -0.4 is 10.1 Å². The number of hydrogen-bond donors (Lipinski definition) is 1. The van der Waals surface area contributed by atoms with Gasteiger partial charge in [-0.05, 0) is 55.4 Å². The third-order valence-electron chi connectivity index (χ3n) is 3.79. The van der Waals surface area contributed by atoms with Crippen molar-refractivity contribution in [3.05, 3.63) is 29.3 Å². The summed E-state index contributed by atoms with van der Waals surface area (Å²) in [5, 5.41) is 2.89. The largest absolute Gasteiger partial charge is 0.484 e.